The molecule has 2 aromatic rings. The molecule has 0 radical (unpaired) electrons. The molecule has 6 heteroatoms. The molecular weight excluding hydrogens is 370 g/mol. The standard InChI is InChI=1S/C22H23N3O2S/c1-15-7-5-9-19(16(15)2)25-14-17(13-21(25)26)22(27)24-18-8-3-4-10-20(18)28-12-6-11-23/h3-5,7-10,17H,6,12-14H2,1-2H3,(H,24,27)/t17-/m0/s1. The number of carbonyl (C=O) groups excluding carboxylic acids is 2. The number of hydrogen-bond donors (Lipinski definition) is 1. The molecule has 0 bridgehead atoms. The van der Waals surface area contributed by atoms with Crippen LogP contribution in [0.25, 0.3) is 0 Å². The lowest BCUT2D eigenvalue weighted by Crippen LogP contribution is -2.28. The van der Waals surface area contributed by atoms with Crippen LogP contribution in [0.4, 0.5) is 11.4 Å². The molecule has 1 atom stereocenters. The Labute approximate surface area is 169 Å². The van der Waals surface area contributed by atoms with Crippen LogP contribution in [0, 0.1) is 31.1 Å². The average Bonchev–Trinajstić information content (AvgIpc) is 3.07. The van der Waals surface area contributed by atoms with Crippen molar-refractivity contribution in [2.75, 3.05) is 22.5 Å². The van der Waals surface area contributed by atoms with Gasteiger partial charge in [0.25, 0.3) is 0 Å². The van der Waals surface area contributed by atoms with E-state index in [1.165, 1.54) is 0 Å². The van der Waals surface area contributed by atoms with E-state index in [9.17, 15) is 9.59 Å². The van der Waals surface area contributed by atoms with Crippen LogP contribution in [0.2, 0.25) is 0 Å². The second kappa shape index (κ2) is 8.94. The maximum atomic E-state index is 12.8. The molecule has 1 fully saturated rings. The summed E-state index contributed by atoms with van der Waals surface area (Å²) in [5, 5.41) is 11.7. The van der Waals surface area contributed by atoms with Gasteiger partial charge in [0.15, 0.2) is 0 Å². The number of hydrogen-bond acceptors (Lipinski definition) is 4. The molecule has 0 aromatic heterocycles. The van der Waals surface area contributed by atoms with Gasteiger partial charge in [-0.1, -0.05) is 24.3 Å². The molecule has 28 heavy (non-hydrogen) atoms. The fraction of sp³-hybridized carbons (Fsp3) is 0.318. The van der Waals surface area contributed by atoms with Crippen LogP contribution in [-0.4, -0.2) is 24.1 Å². The summed E-state index contributed by atoms with van der Waals surface area (Å²) in [5.74, 6) is 0.121. The van der Waals surface area contributed by atoms with Crippen molar-refractivity contribution >= 4 is 35.0 Å². The number of benzene rings is 2. The second-order valence-electron chi connectivity index (χ2n) is 6.87. The van der Waals surface area contributed by atoms with E-state index >= 15 is 0 Å². The van der Waals surface area contributed by atoms with Crippen LogP contribution in [-0.2, 0) is 9.59 Å². The minimum atomic E-state index is -0.385. The minimum absolute atomic E-state index is 0.0227. The monoisotopic (exact) mass is 393 g/mol. The van der Waals surface area contributed by atoms with E-state index in [4.69, 9.17) is 5.26 Å². The normalized spacial score (nSPS) is 16.1. The Morgan fingerprint density at radius 3 is 2.82 bits per heavy atom. The van der Waals surface area contributed by atoms with E-state index in [0.717, 1.165) is 27.4 Å². The number of nitriles is 1. The quantitative estimate of drug-likeness (QED) is 0.587. The number of amides is 2. The number of carbonyl (C=O) groups is 2. The molecule has 1 aliphatic heterocycles. The molecule has 1 heterocycles. The summed E-state index contributed by atoms with van der Waals surface area (Å²) >= 11 is 1.54. The molecule has 0 unspecified atom stereocenters. The number of aryl methyl sites for hydroxylation is 1. The lowest BCUT2D eigenvalue weighted by molar-refractivity contribution is -0.122. The van der Waals surface area contributed by atoms with E-state index in [1.54, 1.807) is 16.7 Å². The first-order chi connectivity index (χ1) is 13.5. The van der Waals surface area contributed by atoms with Crippen LogP contribution in [0.5, 0.6) is 0 Å². The van der Waals surface area contributed by atoms with Gasteiger partial charge in [0.2, 0.25) is 11.8 Å². The summed E-state index contributed by atoms with van der Waals surface area (Å²) in [7, 11) is 0. The lowest BCUT2D eigenvalue weighted by Gasteiger charge is -2.20. The summed E-state index contributed by atoms with van der Waals surface area (Å²) in [6.45, 7) is 4.41. The maximum Gasteiger partial charge on any atom is 0.229 e. The molecule has 2 amide bonds. The third kappa shape index (κ3) is 4.37. The molecule has 1 aliphatic rings. The minimum Gasteiger partial charge on any atom is -0.325 e. The zero-order chi connectivity index (χ0) is 20.1. The third-order valence-electron chi connectivity index (χ3n) is 4.98. The number of thioether (sulfide) groups is 1. The number of nitrogens with zero attached hydrogens (tertiary/aromatic N) is 2. The SMILES string of the molecule is Cc1cccc(N2C[C@@H](C(=O)Nc3ccccc3SCCC#N)CC2=O)c1C. The van der Waals surface area contributed by atoms with E-state index in [0.29, 0.717) is 18.7 Å². The predicted octanol–water partition coefficient (Wildman–Crippen LogP) is 4.30. The van der Waals surface area contributed by atoms with Crippen LogP contribution in [0.1, 0.15) is 24.0 Å². The number of nitrogens with one attached hydrogen (secondary N) is 1. The van der Waals surface area contributed by atoms with E-state index in [-0.39, 0.29) is 24.2 Å². The zero-order valence-corrected chi connectivity index (χ0v) is 16.9. The van der Waals surface area contributed by atoms with Gasteiger partial charge >= 0.3 is 0 Å². The molecule has 0 aliphatic carbocycles. The van der Waals surface area contributed by atoms with Crippen molar-refractivity contribution in [2.45, 2.75) is 31.6 Å². The molecule has 1 N–H and O–H groups in total. The second-order valence-corrected chi connectivity index (χ2v) is 8.00. The summed E-state index contributed by atoms with van der Waals surface area (Å²) in [6.07, 6.45) is 0.665. The Hall–Kier alpha value is -2.78. The summed E-state index contributed by atoms with van der Waals surface area (Å²) in [6, 6.07) is 15.6. The van der Waals surface area contributed by atoms with Crippen molar-refractivity contribution in [3.05, 3.63) is 53.6 Å². The summed E-state index contributed by atoms with van der Waals surface area (Å²) in [5.41, 5.74) is 3.80. The Morgan fingerprint density at radius 1 is 1.25 bits per heavy atom. The fourth-order valence-corrected chi connectivity index (χ4v) is 4.14. The van der Waals surface area contributed by atoms with Crippen molar-refractivity contribution in [1.82, 2.24) is 0 Å². The first-order valence-corrected chi connectivity index (χ1v) is 10.3. The highest BCUT2D eigenvalue weighted by Gasteiger charge is 2.36. The summed E-state index contributed by atoms with van der Waals surface area (Å²) in [4.78, 5) is 28.0. The van der Waals surface area contributed by atoms with Crippen molar-refractivity contribution in [3.8, 4) is 6.07 Å². The van der Waals surface area contributed by atoms with Crippen molar-refractivity contribution in [3.63, 3.8) is 0 Å². The van der Waals surface area contributed by atoms with Gasteiger partial charge in [-0.3, -0.25) is 9.59 Å². The molecule has 144 valence electrons. The fourth-order valence-electron chi connectivity index (χ4n) is 3.28. The van der Waals surface area contributed by atoms with Crippen LogP contribution in [0.3, 0.4) is 0 Å². The third-order valence-corrected chi connectivity index (χ3v) is 6.05. The van der Waals surface area contributed by atoms with Gasteiger partial charge in [-0.05, 0) is 43.2 Å². The first kappa shape index (κ1) is 20.0. The Bertz CT molecular complexity index is 936. The smallest absolute Gasteiger partial charge is 0.229 e. The van der Waals surface area contributed by atoms with E-state index in [1.807, 2.05) is 56.3 Å². The van der Waals surface area contributed by atoms with Gasteiger partial charge < -0.3 is 10.2 Å². The Balaban J connectivity index is 1.71. The highest BCUT2D eigenvalue weighted by atomic mass is 32.2. The molecular formula is C22H23N3O2S. The molecule has 1 saturated heterocycles. The van der Waals surface area contributed by atoms with Gasteiger partial charge in [-0.15, -0.1) is 11.8 Å². The first-order valence-electron chi connectivity index (χ1n) is 9.27. The van der Waals surface area contributed by atoms with E-state index in [2.05, 4.69) is 11.4 Å². The molecule has 0 spiro atoms. The topological polar surface area (TPSA) is 73.2 Å². The Kier molecular flexibility index (Phi) is 6.37. The Morgan fingerprint density at radius 2 is 2.04 bits per heavy atom. The van der Waals surface area contributed by atoms with Crippen LogP contribution < -0.4 is 10.2 Å². The van der Waals surface area contributed by atoms with Gasteiger partial charge in [0.1, 0.15) is 0 Å². The van der Waals surface area contributed by atoms with E-state index < -0.39 is 0 Å². The van der Waals surface area contributed by atoms with Gasteiger partial charge in [-0.25, -0.2) is 0 Å². The number of para-hydroxylation sites is 1. The molecule has 5 nitrogen and oxygen atoms in total. The van der Waals surface area contributed by atoms with Crippen molar-refractivity contribution in [2.24, 2.45) is 5.92 Å². The molecule has 0 saturated carbocycles. The summed E-state index contributed by atoms with van der Waals surface area (Å²) < 4.78 is 0. The maximum absolute atomic E-state index is 12.8. The van der Waals surface area contributed by atoms with Gasteiger partial charge in [0, 0.05) is 35.7 Å². The predicted molar refractivity (Wildman–Crippen MR) is 112 cm³/mol. The largest absolute Gasteiger partial charge is 0.325 e. The van der Waals surface area contributed by atoms with Crippen LogP contribution >= 0.6 is 11.8 Å². The zero-order valence-electron chi connectivity index (χ0n) is 16.1. The number of rotatable bonds is 6. The van der Waals surface area contributed by atoms with Gasteiger partial charge in [0.05, 0.1) is 17.7 Å². The lowest BCUT2D eigenvalue weighted by atomic mass is 10.1. The highest BCUT2D eigenvalue weighted by molar-refractivity contribution is 7.99. The average molecular weight is 394 g/mol. The highest BCUT2D eigenvalue weighted by Crippen LogP contribution is 2.31. The van der Waals surface area contributed by atoms with Crippen molar-refractivity contribution in [1.29, 1.82) is 5.26 Å². The van der Waals surface area contributed by atoms with Crippen molar-refractivity contribution < 1.29 is 9.59 Å². The number of anilines is 2. The molecule has 2 aromatic carbocycles. The molecule has 3 rings (SSSR count). The van der Waals surface area contributed by atoms with Gasteiger partial charge in [-0.2, -0.15) is 5.26 Å². The van der Waals surface area contributed by atoms with Crippen LogP contribution in [0.15, 0.2) is 47.4 Å².